The van der Waals surface area contributed by atoms with Crippen LogP contribution in [0.1, 0.15) is 33.6 Å². The van der Waals surface area contributed by atoms with Gasteiger partial charge in [-0.2, -0.15) is 0 Å². The molecule has 2 aliphatic rings. The van der Waals surface area contributed by atoms with Gasteiger partial charge in [-0.25, -0.2) is 12.7 Å². The van der Waals surface area contributed by atoms with E-state index in [1.807, 2.05) is 0 Å². The van der Waals surface area contributed by atoms with Gasteiger partial charge in [-0.05, 0) is 25.2 Å². The number of amides is 1. The van der Waals surface area contributed by atoms with Crippen molar-refractivity contribution in [3.8, 4) is 0 Å². The molecule has 1 heterocycles. The van der Waals surface area contributed by atoms with Crippen LogP contribution >= 0.6 is 0 Å². The molecule has 7 nitrogen and oxygen atoms in total. The third-order valence-electron chi connectivity index (χ3n) is 4.93. The molecule has 2 atom stereocenters. The van der Waals surface area contributed by atoms with Crippen molar-refractivity contribution < 1.29 is 23.1 Å². The second-order valence-electron chi connectivity index (χ2n) is 6.70. The molecule has 0 bridgehead atoms. The normalized spacial score (nSPS) is 29.0. The van der Waals surface area contributed by atoms with E-state index < -0.39 is 33.2 Å². The minimum atomic E-state index is -3.17. The molecule has 8 heteroatoms. The first kappa shape index (κ1) is 17.2. The van der Waals surface area contributed by atoms with E-state index in [1.165, 1.54) is 4.31 Å². The molecule has 2 fully saturated rings. The van der Waals surface area contributed by atoms with Gasteiger partial charge in [0, 0.05) is 19.1 Å². The minimum Gasteiger partial charge on any atom is -0.481 e. The molecule has 0 unspecified atom stereocenters. The van der Waals surface area contributed by atoms with Crippen molar-refractivity contribution in [2.75, 3.05) is 18.8 Å². The van der Waals surface area contributed by atoms with E-state index in [4.69, 9.17) is 5.11 Å². The number of carbonyl (C=O) groups excluding carboxylic acids is 1. The van der Waals surface area contributed by atoms with Crippen molar-refractivity contribution in [1.29, 1.82) is 0 Å². The van der Waals surface area contributed by atoms with Gasteiger partial charge in [0.15, 0.2) is 0 Å². The number of aliphatic carboxylic acids is 1. The Morgan fingerprint density at radius 2 is 1.77 bits per heavy atom. The van der Waals surface area contributed by atoms with Crippen LogP contribution in [-0.2, 0) is 19.6 Å². The Hall–Kier alpha value is -1.15. The first-order valence-corrected chi connectivity index (χ1v) is 9.23. The van der Waals surface area contributed by atoms with Gasteiger partial charge in [0.2, 0.25) is 15.9 Å². The quantitative estimate of drug-likeness (QED) is 0.752. The third-order valence-corrected chi connectivity index (χ3v) is 6.82. The summed E-state index contributed by atoms with van der Waals surface area (Å²) >= 11 is 0. The number of hydrogen-bond acceptors (Lipinski definition) is 4. The number of carboxylic acid groups (broad SMARTS) is 1. The lowest BCUT2D eigenvalue weighted by Crippen LogP contribution is -2.47. The molecule has 0 aromatic carbocycles. The summed E-state index contributed by atoms with van der Waals surface area (Å²) in [5.41, 5.74) is -0.512. The fourth-order valence-electron chi connectivity index (χ4n) is 3.34. The molecule has 0 spiro atoms. The van der Waals surface area contributed by atoms with E-state index in [-0.39, 0.29) is 17.7 Å². The predicted octanol–water partition coefficient (Wildman–Crippen LogP) is 0.274. The lowest BCUT2D eigenvalue weighted by Gasteiger charge is -2.31. The number of nitrogens with zero attached hydrogens (tertiary/aromatic N) is 1. The second kappa shape index (κ2) is 5.81. The number of carbonyl (C=O) groups is 2. The van der Waals surface area contributed by atoms with Gasteiger partial charge in [-0.3, -0.25) is 9.59 Å². The summed E-state index contributed by atoms with van der Waals surface area (Å²) in [7, 11) is -3.17. The number of sulfonamides is 1. The van der Waals surface area contributed by atoms with Gasteiger partial charge in [-0.15, -0.1) is 0 Å². The van der Waals surface area contributed by atoms with Gasteiger partial charge < -0.3 is 10.4 Å². The number of hydrogen-bond donors (Lipinski definition) is 2. The molecule has 2 N–H and O–H groups in total. The molecule has 0 aromatic heterocycles. The zero-order valence-electron chi connectivity index (χ0n) is 13.2. The fourth-order valence-corrected chi connectivity index (χ4v) is 4.47. The van der Waals surface area contributed by atoms with Crippen LogP contribution in [0.15, 0.2) is 0 Å². The molecule has 0 aromatic rings. The van der Waals surface area contributed by atoms with Gasteiger partial charge in [0.1, 0.15) is 0 Å². The summed E-state index contributed by atoms with van der Waals surface area (Å²) in [6.07, 6.45) is 1.13. The first-order valence-electron chi connectivity index (χ1n) is 7.62. The van der Waals surface area contributed by atoms with Crippen LogP contribution < -0.4 is 5.32 Å². The van der Waals surface area contributed by atoms with Crippen LogP contribution in [0.3, 0.4) is 0 Å². The summed E-state index contributed by atoms with van der Waals surface area (Å²) < 4.78 is 25.0. The number of nitrogens with one attached hydrogen (secondary N) is 1. The van der Waals surface area contributed by atoms with Crippen molar-refractivity contribution in [3.63, 3.8) is 0 Å². The number of rotatable bonds is 5. The summed E-state index contributed by atoms with van der Waals surface area (Å²) in [5.74, 6) is -2.21. The standard InChI is InChI=1S/C14H24N2O5S/c1-4-22(20,21)16-7-5-9(6-8-16)15-12(17)10-11(13(18)19)14(10,2)3/h9-11H,4-8H2,1-3H3,(H,15,17)(H,18,19)/t10-,11+/m0/s1. The average Bonchev–Trinajstić information content (AvgIpc) is 3.02. The van der Waals surface area contributed by atoms with E-state index >= 15 is 0 Å². The Morgan fingerprint density at radius 3 is 2.18 bits per heavy atom. The highest BCUT2D eigenvalue weighted by molar-refractivity contribution is 7.89. The number of piperidine rings is 1. The van der Waals surface area contributed by atoms with E-state index in [1.54, 1.807) is 20.8 Å². The highest BCUT2D eigenvalue weighted by Gasteiger charge is 2.66. The van der Waals surface area contributed by atoms with Crippen LogP contribution in [0.4, 0.5) is 0 Å². The Bertz CT molecular complexity index is 564. The third kappa shape index (κ3) is 3.12. The van der Waals surface area contributed by atoms with E-state index in [2.05, 4.69) is 5.32 Å². The Morgan fingerprint density at radius 1 is 1.23 bits per heavy atom. The summed E-state index contributed by atoms with van der Waals surface area (Å²) in [6.45, 7) is 5.98. The lowest BCUT2D eigenvalue weighted by molar-refractivity contribution is -0.140. The van der Waals surface area contributed by atoms with Gasteiger partial charge in [0.25, 0.3) is 0 Å². The van der Waals surface area contributed by atoms with Crippen LogP contribution in [0, 0.1) is 17.3 Å². The number of carboxylic acids is 1. The maximum atomic E-state index is 12.2. The highest BCUT2D eigenvalue weighted by atomic mass is 32.2. The van der Waals surface area contributed by atoms with Crippen molar-refractivity contribution in [1.82, 2.24) is 9.62 Å². The molecular weight excluding hydrogens is 308 g/mol. The van der Waals surface area contributed by atoms with Gasteiger partial charge in [-0.1, -0.05) is 13.8 Å². The molecule has 22 heavy (non-hydrogen) atoms. The minimum absolute atomic E-state index is 0.0818. The topological polar surface area (TPSA) is 104 Å². The zero-order valence-corrected chi connectivity index (χ0v) is 14.0. The van der Waals surface area contributed by atoms with E-state index in [9.17, 15) is 18.0 Å². The molecule has 1 amide bonds. The van der Waals surface area contributed by atoms with Crippen LogP contribution in [-0.4, -0.2) is 54.6 Å². The predicted molar refractivity (Wildman–Crippen MR) is 80.6 cm³/mol. The van der Waals surface area contributed by atoms with Crippen molar-refractivity contribution in [2.24, 2.45) is 17.3 Å². The largest absolute Gasteiger partial charge is 0.481 e. The van der Waals surface area contributed by atoms with Crippen molar-refractivity contribution >= 4 is 21.9 Å². The molecule has 126 valence electrons. The molecule has 1 aliphatic carbocycles. The summed E-state index contributed by atoms with van der Waals surface area (Å²) in [6, 6.07) is -0.0818. The van der Waals surface area contributed by atoms with Gasteiger partial charge >= 0.3 is 5.97 Å². The molecular formula is C14H24N2O5S. The second-order valence-corrected chi connectivity index (χ2v) is 8.95. The zero-order chi connectivity index (χ0) is 16.7. The lowest BCUT2D eigenvalue weighted by atomic mass is 10.1. The first-order chi connectivity index (χ1) is 10.1. The van der Waals surface area contributed by atoms with E-state index in [0.717, 1.165) is 0 Å². The Kier molecular flexibility index (Phi) is 4.54. The Labute approximate surface area is 131 Å². The molecule has 1 saturated carbocycles. The average molecular weight is 332 g/mol. The summed E-state index contributed by atoms with van der Waals surface area (Å²) in [5, 5.41) is 12.0. The molecule has 1 saturated heterocycles. The maximum absolute atomic E-state index is 12.2. The highest BCUT2D eigenvalue weighted by Crippen LogP contribution is 2.58. The molecule has 0 radical (unpaired) electrons. The van der Waals surface area contributed by atoms with Gasteiger partial charge in [0.05, 0.1) is 17.6 Å². The molecule has 1 aliphatic heterocycles. The fraction of sp³-hybridized carbons (Fsp3) is 0.857. The van der Waals surface area contributed by atoms with E-state index in [0.29, 0.717) is 25.9 Å². The monoisotopic (exact) mass is 332 g/mol. The molecule has 2 rings (SSSR count). The Balaban J connectivity index is 1.87. The van der Waals surface area contributed by atoms with Crippen LogP contribution in [0.2, 0.25) is 0 Å². The van der Waals surface area contributed by atoms with Crippen molar-refractivity contribution in [2.45, 2.75) is 39.7 Å². The SMILES string of the molecule is CCS(=O)(=O)N1CCC(NC(=O)[C@@H]2[C@H](C(=O)O)C2(C)C)CC1. The van der Waals surface area contributed by atoms with Crippen molar-refractivity contribution in [3.05, 3.63) is 0 Å². The smallest absolute Gasteiger partial charge is 0.307 e. The maximum Gasteiger partial charge on any atom is 0.307 e. The van der Waals surface area contributed by atoms with Crippen LogP contribution in [0.5, 0.6) is 0 Å². The van der Waals surface area contributed by atoms with Crippen LogP contribution in [0.25, 0.3) is 0 Å². The summed E-state index contributed by atoms with van der Waals surface area (Å²) in [4.78, 5) is 23.3.